The van der Waals surface area contributed by atoms with Gasteiger partial charge in [-0.25, -0.2) is 0 Å². The van der Waals surface area contributed by atoms with E-state index in [1.165, 1.54) is 12.0 Å². The van der Waals surface area contributed by atoms with Crippen molar-refractivity contribution in [3.05, 3.63) is 6.92 Å². The van der Waals surface area contributed by atoms with E-state index in [0.717, 1.165) is 0 Å². The van der Waals surface area contributed by atoms with Crippen LogP contribution in [0.1, 0.15) is 0 Å². The summed E-state index contributed by atoms with van der Waals surface area (Å²) in [6.07, 6.45) is 0.559. The molecule has 4 nitrogen and oxygen atoms in total. The number of hydrogen-bond acceptors (Lipinski definition) is 3. The van der Waals surface area contributed by atoms with Crippen molar-refractivity contribution in [3.8, 4) is 0 Å². The van der Waals surface area contributed by atoms with Crippen LogP contribution in [0.15, 0.2) is 0 Å². The maximum Gasteiger partial charge on any atom is 0.325 e. The first-order valence-electron chi connectivity index (χ1n) is 2.80. The summed E-state index contributed by atoms with van der Waals surface area (Å²) in [4.78, 5) is 21.8. The lowest BCUT2D eigenvalue weighted by Crippen LogP contribution is -2.29. The topological polar surface area (TPSA) is 46.6 Å². The molecule has 1 amide bonds. The number of rotatable bonds is 4. The molecule has 0 saturated carbocycles. The van der Waals surface area contributed by atoms with Crippen LogP contribution in [0.5, 0.6) is 0 Å². The van der Waals surface area contributed by atoms with Gasteiger partial charge in [0, 0.05) is 6.54 Å². The van der Waals surface area contributed by atoms with Crippen molar-refractivity contribution < 1.29 is 14.3 Å². The number of esters is 1. The third-order valence-electron chi connectivity index (χ3n) is 0.996. The lowest BCUT2D eigenvalue weighted by atomic mass is 10.5. The van der Waals surface area contributed by atoms with Crippen molar-refractivity contribution in [3.63, 3.8) is 0 Å². The smallest absolute Gasteiger partial charge is 0.325 e. The molecule has 0 saturated heterocycles. The van der Waals surface area contributed by atoms with Gasteiger partial charge in [0.25, 0.3) is 0 Å². The van der Waals surface area contributed by atoms with Gasteiger partial charge in [-0.15, -0.1) is 0 Å². The van der Waals surface area contributed by atoms with Crippen LogP contribution < -0.4 is 0 Å². The van der Waals surface area contributed by atoms with Crippen LogP contribution in [0, 0.1) is 6.92 Å². The van der Waals surface area contributed by atoms with E-state index in [-0.39, 0.29) is 13.1 Å². The zero-order valence-corrected chi connectivity index (χ0v) is 5.87. The quantitative estimate of drug-likeness (QED) is 0.393. The van der Waals surface area contributed by atoms with Crippen molar-refractivity contribution in [2.75, 3.05) is 20.2 Å². The molecule has 0 atom stereocenters. The van der Waals surface area contributed by atoms with E-state index < -0.39 is 5.97 Å². The molecule has 1 radical (unpaired) electrons. The fourth-order valence-electron chi connectivity index (χ4n) is 0.399. The SMILES string of the molecule is [CH2]CN(C=O)CC(=O)OC. The molecule has 0 unspecified atom stereocenters. The monoisotopic (exact) mass is 144 g/mol. The molecule has 0 fully saturated rings. The van der Waals surface area contributed by atoms with E-state index in [1.54, 1.807) is 0 Å². The average Bonchev–Trinajstić information content (AvgIpc) is 1.99. The highest BCUT2D eigenvalue weighted by molar-refractivity contribution is 5.73. The second kappa shape index (κ2) is 4.78. The summed E-state index contributed by atoms with van der Waals surface area (Å²) in [6.45, 7) is 3.68. The minimum absolute atomic E-state index is 0.0243. The first-order valence-corrected chi connectivity index (χ1v) is 2.80. The van der Waals surface area contributed by atoms with Gasteiger partial charge in [-0.1, -0.05) is 0 Å². The van der Waals surface area contributed by atoms with Gasteiger partial charge in [0.15, 0.2) is 0 Å². The summed E-state index contributed by atoms with van der Waals surface area (Å²) in [5, 5.41) is 0. The number of carbonyl (C=O) groups excluding carboxylic acids is 2. The second-order valence-corrected chi connectivity index (χ2v) is 1.65. The van der Waals surface area contributed by atoms with Gasteiger partial charge in [0.1, 0.15) is 6.54 Å². The van der Waals surface area contributed by atoms with E-state index in [9.17, 15) is 9.59 Å². The van der Waals surface area contributed by atoms with E-state index in [4.69, 9.17) is 0 Å². The van der Waals surface area contributed by atoms with Crippen LogP contribution in [0.3, 0.4) is 0 Å². The number of ether oxygens (including phenoxy) is 1. The van der Waals surface area contributed by atoms with E-state index in [1.807, 2.05) is 0 Å². The first kappa shape index (κ1) is 8.94. The van der Waals surface area contributed by atoms with Crippen molar-refractivity contribution in [1.82, 2.24) is 4.90 Å². The van der Waals surface area contributed by atoms with Crippen molar-refractivity contribution in [2.24, 2.45) is 0 Å². The molecule has 0 aliphatic carbocycles. The minimum atomic E-state index is -0.434. The molecule has 0 heterocycles. The molecule has 4 heteroatoms. The predicted molar refractivity (Wildman–Crippen MR) is 35.0 cm³/mol. The molecular weight excluding hydrogens is 134 g/mol. The van der Waals surface area contributed by atoms with Crippen molar-refractivity contribution in [2.45, 2.75) is 0 Å². The summed E-state index contributed by atoms with van der Waals surface area (Å²) in [5.74, 6) is -0.434. The van der Waals surface area contributed by atoms with E-state index in [0.29, 0.717) is 6.41 Å². The zero-order valence-electron chi connectivity index (χ0n) is 5.87. The van der Waals surface area contributed by atoms with Crippen LogP contribution >= 0.6 is 0 Å². The largest absolute Gasteiger partial charge is 0.468 e. The summed E-state index contributed by atoms with van der Waals surface area (Å²) >= 11 is 0. The maximum absolute atomic E-state index is 10.5. The fraction of sp³-hybridized carbons (Fsp3) is 0.500. The van der Waals surface area contributed by atoms with E-state index in [2.05, 4.69) is 11.7 Å². The lowest BCUT2D eigenvalue weighted by Gasteiger charge is -2.11. The average molecular weight is 144 g/mol. The van der Waals surface area contributed by atoms with Gasteiger partial charge in [-0.05, 0) is 6.92 Å². The van der Waals surface area contributed by atoms with Crippen LogP contribution in [0.2, 0.25) is 0 Å². The fourth-order valence-corrected chi connectivity index (χ4v) is 0.399. The Morgan fingerprint density at radius 1 is 1.80 bits per heavy atom. The summed E-state index contributed by atoms with van der Waals surface area (Å²) in [5.41, 5.74) is 0. The number of nitrogens with zero attached hydrogens (tertiary/aromatic N) is 1. The first-order chi connectivity index (χ1) is 4.74. The summed E-state index contributed by atoms with van der Waals surface area (Å²) < 4.78 is 4.32. The molecule has 10 heavy (non-hydrogen) atoms. The van der Waals surface area contributed by atoms with Gasteiger partial charge in [-0.2, -0.15) is 0 Å². The van der Waals surface area contributed by atoms with Crippen LogP contribution in [0.25, 0.3) is 0 Å². The molecule has 0 aliphatic heterocycles. The Bertz CT molecular complexity index is 124. The van der Waals surface area contributed by atoms with Gasteiger partial charge in [-0.3, -0.25) is 9.59 Å². The Kier molecular flexibility index (Phi) is 4.28. The normalized spacial score (nSPS) is 8.60. The molecule has 0 aromatic heterocycles. The van der Waals surface area contributed by atoms with Gasteiger partial charge >= 0.3 is 5.97 Å². The molecule has 0 N–H and O–H groups in total. The predicted octanol–water partition coefficient (Wildman–Crippen LogP) is -0.548. The molecule has 57 valence electrons. The standard InChI is InChI=1S/C6H10NO3/c1-3-7(5-8)4-6(9)10-2/h5H,1,3-4H2,2H3. The van der Waals surface area contributed by atoms with Gasteiger partial charge < -0.3 is 9.64 Å². The van der Waals surface area contributed by atoms with Gasteiger partial charge in [0.05, 0.1) is 7.11 Å². The Balaban J connectivity index is 3.62. The zero-order chi connectivity index (χ0) is 7.98. The van der Waals surface area contributed by atoms with Crippen molar-refractivity contribution >= 4 is 12.4 Å². The van der Waals surface area contributed by atoms with Crippen LogP contribution in [-0.2, 0) is 14.3 Å². The Morgan fingerprint density at radius 3 is 2.70 bits per heavy atom. The second-order valence-electron chi connectivity index (χ2n) is 1.65. The highest BCUT2D eigenvalue weighted by Crippen LogP contribution is 1.82. The molecule has 0 aromatic carbocycles. The Hall–Kier alpha value is -1.06. The summed E-state index contributed by atoms with van der Waals surface area (Å²) in [6, 6.07) is 0. The molecule has 0 rings (SSSR count). The molecule has 0 aromatic rings. The number of amides is 1. The molecule has 0 spiro atoms. The number of methoxy groups -OCH3 is 1. The van der Waals surface area contributed by atoms with Crippen LogP contribution in [0.4, 0.5) is 0 Å². The highest BCUT2D eigenvalue weighted by atomic mass is 16.5. The van der Waals surface area contributed by atoms with Crippen molar-refractivity contribution in [1.29, 1.82) is 0 Å². The van der Waals surface area contributed by atoms with E-state index >= 15 is 0 Å². The summed E-state index contributed by atoms with van der Waals surface area (Å²) in [7, 11) is 1.27. The molecule has 0 bridgehead atoms. The Labute approximate surface area is 59.8 Å². The van der Waals surface area contributed by atoms with Gasteiger partial charge in [0.2, 0.25) is 6.41 Å². The third-order valence-corrected chi connectivity index (χ3v) is 0.996. The number of hydrogen-bond donors (Lipinski definition) is 0. The Morgan fingerprint density at radius 2 is 2.40 bits per heavy atom. The maximum atomic E-state index is 10.5. The number of carbonyl (C=O) groups is 2. The lowest BCUT2D eigenvalue weighted by molar-refractivity contribution is -0.143. The minimum Gasteiger partial charge on any atom is -0.468 e. The highest BCUT2D eigenvalue weighted by Gasteiger charge is 2.04. The van der Waals surface area contributed by atoms with Crippen LogP contribution in [-0.4, -0.2) is 37.5 Å². The molecule has 0 aliphatic rings. The third kappa shape index (κ3) is 3.06. The molecular formula is C6H10NO3.